The van der Waals surface area contributed by atoms with Gasteiger partial charge in [-0.25, -0.2) is 4.39 Å². The predicted molar refractivity (Wildman–Crippen MR) is 215 cm³/mol. The molecule has 0 saturated heterocycles. The molecule has 1 heterocycles. The fraction of sp³-hybridized carbons (Fsp3) is 0.273. The molecule has 2 atom stereocenters. The fourth-order valence-corrected chi connectivity index (χ4v) is 12.7. The van der Waals surface area contributed by atoms with Gasteiger partial charge in [0.05, 0.1) is 29.5 Å². The van der Waals surface area contributed by atoms with Crippen molar-refractivity contribution in [2.45, 2.75) is 65.0 Å². The van der Waals surface area contributed by atoms with Crippen LogP contribution in [0.3, 0.4) is 0 Å². The van der Waals surface area contributed by atoms with E-state index in [0.717, 1.165) is 44.0 Å². The van der Waals surface area contributed by atoms with Crippen LogP contribution in [0.15, 0.2) is 115 Å². The predicted octanol–water partition coefficient (Wildman–Crippen LogP) is 9.25. The number of rotatable bonds is 13. The molecule has 274 valence electrons. The topological polar surface area (TPSA) is 85.7 Å². The first-order valence-electron chi connectivity index (χ1n) is 17.8. The van der Waals surface area contributed by atoms with Crippen molar-refractivity contribution in [3.8, 4) is 34.2 Å². The molecule has 0 radical (unpaired) electrons. The summed E-state index contributed by atoms with van der Waals surface area (Å²) < 4.78 is 40.5. The lowest BCUT2D eigenvalue weighted by Crippen LogP contribution is -2.68. The molecule has 5 rings (SSSR count). The maximum absolute atomic E-state index is 14.0. The van der Waals surface area contributed by atoms with Crippen LogP contribution in [0.25, 0.3) is 22.4 Å². The van der Waals surface area contributed by atoms with Crippen molar-refractivity contribution in [2.24, 2.45) is 0 Å². The number of aliphatic carboxylic acids is 1. The molecule has 0 aliphatic carbocycles. The summed E-state index contributed by atoms with van der Waals surface area (Å²) in [5.41, 5.74) is 5.84. The molecule has 4 aromatic carbocycles. The van der Waals surface area contributed by atoms with Gasteiger partial charge in [0.25, 0.3) is 8.32 Å². The van der Waals surface area contributed by atoms with Gasteiger partial charge >= 0.3 is 5.97 Å². The second-order valence-corrected chi connectivity index (χ2v) is 20.1. The third-order valence-electron chi connectivity index (χ3n) is 9.27. The van der Waals surface area contributed by atoms with Gasteiger partial charge in [0.15, 0.2) is 8.03 Å². The average Bonchev–Trinajstić information content (AvgIpc) is 3.13. The van der Waals surface area contributed by atoms with E-state index in [1.54, 1.807) is 12.1 Å². The van der Waals surface area contributed by atoms with Crippen molar-refractivity contribution in [3.63, 3.8) is 0 Å². The highest BCUT2D eigenvalue weighted by atomic mass is 31.1. The third kappa shape index (κ3) is 9.30. The smallest absolute Gasteiger partial charge is 0.305 e. The summed E-state index contributed by atoms with van der Waals surface area (Å²) in [5, 5.41) is 11.6. The standard InChI is InChI=1S/C44H47FNO5PSi/c1-31(2)42-39(41(33-24-26-35(45)27-25-33)32(3)43(46-42)34-17-10-7-11-18-34)23-16-28-50-52(49)30-36(29-40(47)48)51-53(44(4,5)6,37-19-12-8-13-20-37)38-21-14-9-15-22-38/h7-15,17-22,24-27,31,36,52H,28-30H2,1-6H3,(H,47,48)/t36-/m0/s1. The van der Waals surface area contributed by atoms with Crippen LogP contribution in [-0.4, -0.2) is 43.2 Å². The lowest BCUT2D eigenvalue weighted by Gasteiger charge is -2.45. The summed E-state index contributed by atoms with van der Waals surface area (Å²) in [6.07, 6.45) is -1.27. The maximum atomic E-state index is 14.0. The zero-order chi connectivity index (χ0) is 38.2. The van der Waals surface area contributed by atoms with Crippen LogP contribution in [0.5, 0.6) is 0 Å². The van der Waals surface area contributed by atoms with Gasteiger partial charge in [-0.3, -0.25) is 14.3 Å². The summed E-state index contributed by atoms with van der Waals surface area (Å²) >= 11 is 0. The Morgan fingerprint density at radius 2 is 1.42 bits per heavy atom. The number of aromatic nitrogens is 1. The molecule has 9 heteroatoms. The number of carbonyl (C=O) groups is 1. The highest BCUT2D eigenvalue weighted by Crippen LogP contribution is 2.40. The van der Waals surface area contributed by atoms with Gasteiger partial charge in [0.2, 0.25) is 0 Å². The van der Waals surface area contributed by atoms with E-state index in [-0.39, 0.29) is 30.9 Å². The Bertz CT molecular complexity index is 2050. The van der Waals surface area contributed by atoms with E-state index in [2.05, 4.69) is 46.5 Å². The fourth-order valence-electron chi connectivity index (χ4n) is 6.87. The lowest BCUT2D eigenvalue weighted by atomic mass is 9.88. The monoisotopic (exact) mass is 747 g/mol. The molecule has 1 aromatic heterocycles. The zero-order valence-corrected chi connectivity index (χ0v) is 33.2. The minimum Gasteiger partial charge on any atom is -0.481 e. The molecule has 0 saturated carbocycles. The van der Waals surface area contributed by atoms with E-state index in [9.17, 15) is 18.9 Å². The lowest BCUT2D eigenvalue weighted by molar-refractivity contribution is -0.138. The van der Waals surface area contributed by atoms with E-state index >= 15 is 0 Å². The van der Waals surface area contributed by atoms with Crippen molar-refractivity contribution in [1.29, 1.82) is 0 Å². The number of benzene rings is 4. The molecular formula is C44H47FNO5PSi. The summed E-state index contributed by atoms with van der Waals surface area (Å²) in [7, 11) is -5.91. The number of nitrogens with zero attached hydrogens (tertiary/aromatic N) is 1. The minimum atomic E-state index is -3.12. The highest BCUT2D eigenvalue weighted by Gasteiger charge is 2.51. The van der Waals surface area contributed by atoms with Gasteiger partial charge in [0, 0.05) is 17.3 Å². The first-order valence-corrected chi connectivity index (χ1v) is 21.3. The molecule has 5 aromatic rings. The molecule has 53 heavy (non-hydrogen) atoms. The molecule has 0 bridgehead atoms. The second kappa shape index (κ2) is 17.5. The maximum Gasteiger partial charge on any atom is 0.305 e. The minimum absolute atomic E-state index is 0.0111. The Morgan fingerprint density at radius 1 is 0.868 bits per heavy atom. The first kappa shape index (κ1) is 39.6. The number of halogens is 1. The van der Waals surface area contributed by atoms with E-state index in [0.29, 0.717) is 5.56 Å². The zero-order valence-electron chi connectivity index (χ0n) is 31.2. The average molecular weight is 748 g/mol. The summed E-state index contributed by atoms with van der Waals surface area (Å²) in [5.74, 6) is 4.96. The molecule has 1 unspecified atom stereocenters. The Balaban J connectivity index is 1.46. The molecule has 0 fully saturated rings. The van der Waals surface area contributed by atoms with Crippen molar-refractivity contribution >= 4 is 32.7 Å². The number of hydrogen-bond acceptors (Lipinski definition) is 5. The molecule has 0 amide bonds. The molecule has 0 aliphatic rings. The number of carboxylic acids is 1. The molecule has 6 nitrogen and oxygen atoms in total. The second-order valence-electron chi connectivity index (χ2n) is 14.4. The molecular weight excluding hydrogens is 701 g/mol. The van der Waals surface area contributed by atoms with E-state index < -0.39 is 33.5 Å². The Morgan fingerprint density at radius 3 is 1.92 bits per heavy atom. The van der Waals surface area contributed by atoms with Crippen molar-refractivity contribution in [1.82, 2.24) is 4.98 Å². The molecule has 0 aliphatic heterocycles. The highest BCUT2D eigenvalue weighted by molar-refractivity contribution is 7.39. The number of hydrogen-bond donors (Lipinski definition) is 1. The Labute approximate surface area is 314 Å². The van der Waals surface area contributed by atoms with Gasteiger partial charge in [-0.05, 0) is 51.5 Å². The van der Waals surface area contributed by atoms with Gasteiger partial charge in [-0.2, -0.15) is 0 Å². The Hall–Kier alpha value is -4.64. The molecule has 0 spiro atoms. The quantitative estimate of drug-likeness (QED) is 0.0735. The van der Waals surface area contributed by atoms with E-state index in [1.807, 2.05) is 97.9 Å². The van der Waals surface area contributed by atoms with Gasteiger partial charge in [-0.1, -0.05) is 150 Å². The number of pyridine rings is 1. The van der Waals surface area contributed by atoms with E-state index in [4.69, 9.17) is 13.9 Å². The first-order chi connectivity index (χ1) is 25.3. The number of carboxylic acid groups (broad SMARTS) is 1. The normalized spacial score (nSPS) is 12.9. The SMILES string of the molecule is Cc1c(-c2ccccc2)nc(C(C)C)c(C#CCO[PH](=O)C[C@H](CC(=O)O)O[Si](c2ccccc2)(c2ccccc2)C(C)(C)C)c1-c1ccc(F)cc1. The Kier molecular flexibility index (Phi) is 13.0. The molecule has 1 N–H and O–H groups in total. The summed E-state index contributed by atoms with van der Waals surface area (Å²) in [6.45, 7) is 12.3. The third-order valence-corrected chi connectivity index (χ3v) is 15.6. The van der Waals surface area contributed by atoms with Crippen molar-refractivity contribution < 1.29 is 27.8 Å². The van der Waals surface area contributed by atoms with Crippen molar-refractivity contribution in [3.05, 3.63) is 138 Å². The largest absolute Gasteiger partial charge is 0.481 e. The van der Waals surface area contributed by atoms with Crippen LogP contribution in [0, 0.1) is 24.6 Å². The van der Waals surface area contributed by atoms with Crippen molar-refractivity contribution in [2.75, 3.05) is 12.8 Å². The van der Waals surface area contributed by atoms with Crippen LogP contribution < -0.4 is 10.4 Å². The van der Waals surface area contributed by atoms with Crippen LogP contribution in [-0.2, 0) is 18.3 Å². The van der Waals surface area contributed by atoms with Gasteiger partial charge < -0.3 is 14.1 Å². The van der Waals surface area contributed by atoms with Crippen LogP contribution >= 0.6 is 8.03 Å². The van der Waals surface area contributed by atoms with Crippen LogP contribution in [0.4, 0.5) is 4.39 Å². The summed E-state index contributed by atoms with van der Waals surface area (Å²) in [4.78, 5) is 17.3. The van der Waals surface area contributed by atoms with Crippen LogP contribution in [0.2, 0.25) is 5.04 Å². The van der Waals surface area contributed by atoms with E-state index in [1.165, 1.54) is 12.1 Å². The van der Waals surface area contributed by atoms with Gasteiger partial charge in [0.1, 0.15) is 12.4 Å². The summed E-state index contributed by atoms with van der Waals surface area (Å²) in [6, 6.07) is 36.1. The van der Waals surface area contributed by atoms with Gasteiger partial charge in [-0.15, -0.1) is 0 Å². The van der Waals surface area contributed by atoms with Crippen LogP contribution in [0.1, 0.15) is 63.8 Å².